The van der Waals surface area contributed by atoms with Crippen LogP contribution in [0.4, 0.5) is 11.4 Å². The van der Waals surface area contributed by atoms with Crippen LogP contribution in [0, 0.1) is 17.0 Å². The lowest BCUT2D eigenvalue weighted by Gasteiger charge is -2.26. The number of hydrogen-bond acceptors (Lipinski definition) is 5. The average molecular weight is 266 g/mol. The summed E-state index contributed by atoms with van der Waals surface area (Å²) < 4.78 is 5.34. The molecule has 1 aromatic rings. The summed E-state index contributed by atoms with van der Waals surface area (Å²) in [5.74, 6) is 0. The summed E-state index contributed by atoms with van der Waals surface area (Å²) in [6, 6.07) is 4.95. The fourth-order valence-corrected chi connectivity index (χ4v) is 2.17. The van der Waals surface area contributed by atoms with Gasteiger partial charge in [-0.25, -0.2) is 0 Å². The molecule has 0 radical (unpaired) electrons. The first kappa shape index (κ1) is 13.8. The minimum atomic E-state index is -0.917. The summed E-state index contributed by atoms with van der Waals surface area (Å²) in [5.41, 5.74) is 0.406. The van der Waals surface area contributed by atoms with Crippen molar-refractivity contribution in [2.24, 2.45) is 0 Å². The van der Waals surface area contributed by atoms with Crippen LogP contribution in [0.15, 0.2) is 18.2 Å². The molecule has 1 heterocycles. The lowest BCUT2D eigenvalue weighted by atomic mass is 9.96. The SMILES string of the molecule is Cc1ccc(NCC2(O)CCOC2C)cc1[N+](=O)[O-]. The number of nitrogens with zero attached hydrogens (tertiary/aromatic N) is 1. The molecule has 0 spiro atoms. The molecule has 6 nitrogen and oxygen atoms in total. The Labute approximate surface area is 111 Å². The molecule has 2 N–H and O–H groups in total. The Morgan fingerprint density at radius 1 is 1.63 bits per heavy atom. The van der Waals surface area contributed by atoms with Crippen LogP contribution in [0.1, 0.15) is 18.9 Å². The third-order valence-electron chi connectivity index (χ3n) is 3.66. The van der Waals surface area contributed by atoms with E-state index in [0.717, 1.165) is 0 Å². The third kappa shape index (κ3) is 2.85. The van der Waals surface area contributed by atoms with Crippen molar-refractivity contribution in [1.82, 2.24) is 0 Å². The normalized spacial score (nSPS) is 26.4. The Balaban J connectivity index is 2.08. The zero-order chi connectivity index (χ0) is 14.0. The first-order valence-corrected chi connectivity index (χ1v) is 6.25. The summed E-state index contributed by atoms with van der Waals surface area (Å²) in [6.07, 6.45) is 0.329. The van der Waals surface area contributed by atoms with Crippen molar-refractivity contribution in [1.29, 1.82) is 0 Å². The van der Waals surface area contributed by atoms with E-state index in [9.17, 15) is 15.2 Å². The fraction of sp³-hybridized carbons (Fsp3) is 0.538. The smallest absolute Gasteiger partial charge is 0.274 e. The largest absolute Gasteiger partial charge is 0.385 e. The van der Waals surface area contributed by atoms with Crippen LogP contribution in [0.25, 0.3) is 0 Å². The molecule has 104 valence electrons. The first-order valence-electron chi connectivity index (χ1n) is 6.25. The van der Waals surface area contributed by atoms with Crippen molar-refractivity contribution in [3.05, 3.63) is 33.9 Å². The second-order valence-electron chi connectivity index (χ2n) is 4.98. The number of benzene rings is 1. The van der Waals surface area contributed by atoms with E-state index in [-0.39, 0.29) is 11.8 Å². The number of nitro benzene ring substituents is 1. The van der Waals surface area contributed by atoms with Crippen LogP contribution < -0.4 is 5.32 Å². The molecule has 19 heavy (non-hydrogen) atoms. The molecule has 0 amide bonds. The number of aryl methyl sites for hydroxylation is 1. The monoisotopic (exact) mass is 266 g/mol. The van der Waals surface area contributed by atoms with Gasteiger partial charge >= 0.3 is 0 Å². The molecule has 1 aliphatic heterocycles. The molecule has 1 aromatic carbocycles. The Morgan fingerprint density at radius 2 is 2.37 bits per heavy atom. The maximum atomic E-state index is 10.9. The van der Waals surface area contributed by atoms with Crippen LogP contribution in [-0.2, 0) is 4.74 Å². The zero-order valence-corrected chi connectivity index (χ0v) is 11.0. The van der Waals surface area contributed by atoms with Gasteiger partial charge in [0.05, 0.1) is 11.0 Å². The molecule has 2 atom stereocenters. The Morgan fingerprint density at radius 3 is 2.95 bits per heavy atom. The highest BCUT2D eigenvalue weighted by molar-refractivity contribution is 5.55. The zero-order valence-electron chi connectivity index (χ0n) is 11.0. The number of anilines is 1. The number of aliphatic hydroxyl groups is 1. The molecule has 1 fully saturated rings. The van der Waals surface area contributed by atoms with Crippen molar-refractivity contribution in [3.8, 4) is 0 Å². The Bertz CT molecular complexity index is 492. The predicted molar refractivity (Wildman–Crippen MR) is 71.3 cm³/mol. The molecular weight excluding hydrogens is 248 g/mol. The van der Waals surface area contributed by atoms with Gasteiger partial charge in [-0.2, -0.15) is 0 Å². The quantitative estimate of drug-likeness (QED) is 0.641. The van der Waals surface area contributed by atoms with Crippen LogP contribution in [-0.4, -0.2) is 34.9 Å². The van der Waals surface area contributed by atoms with Crippen molar-refractivity contribution in [3.63, 3.8) is 0 Å². The van der Waals surface area contributed by atoms with E-state index in [0.29, 0.717) is 30.8 Å². The van der Waals surface area contributed by atoms with Crippen molar-refractivity contribution in [2.45, 2.75) is 32.0 Å². The molecule has 1 saturated heterocycles. The van der Waals surface area contributed by atoms with Crippen LogP contribution in [0.3, 0.4) is 0 Å². The summed E-state index contributed by atoms with van der Waals surface area (Å²) in [7, 11) is 0. The topological polar surface area (TPSA) is 84.6 Å². The van der Waals surface area contributed by atoms with Gasteiger partial charge in [0.1, 0.15) is 5.60 Å². The Kier molecular flexibility index (Phi) is 3.73. The minimum Gasteiger partial charge on any atom is -0.385 e. The molecule has 2 rings (SSSR count). The maximum absolute atomic E-state index is 10.9. The molecule has 0 saturated carbocycles. The van der Waals surface area contributed by atoms with Crippen molar-refractivity contribution >= 4 is 11.4 Å². The van der Waals surface area contributed by atoms with E-state index in [1.165, 1.54) is 6.07 Å². The third-order valence-corrected chi connectivity index (χ3v) is 3.66. The number of rotatable bonds is 4. The molecule has 2 unspecified atom stereocenters. The lowest BCUT2D eigenvalue weighted by Crippen LogP contribution is -2.43. The summed E-state index contributed by atoms with van der Waals surface area (Å²) in [4.78, 5) is 10.5. The van der Waals surface area contributed by atoms with Crippen LogP contribution in [0.5, 0.6) is 0 Å². The van der Waals surface area contributed by atoms with Crippen LogP contribution >= 0.6 is 0 Å². The molecule has 6 heteroatoms. The van der Waals surface area contributed by atoms with E-state index < -0.39 is 10.5 Å². The highest BCUT2D eigenvalue weighted by Crippen LogP contribution is 2.27. The van der Waals surface area contributed by atoms with Gasteiger partial charge in [0.15, 0.2) is 0 Å². The number of hydrogen-bond donors (Lipinski definition) is 2. The molecule has 0 aliphatic carbocycles. The van der Waals surface area contributed by atoms with Gasteiger partial charge in [-0.1, -0.05) is 6.07 Å². The molecule has 0 aromatic heterocycles. The number of nitrogens with one attached hydrogen (secondary N) is 1. The van der Waals surface area contributed by atoms with Crippen LogP contribution in [0.2, 0.25) is 0 Å². The maximum Gasteiger partial charge on any atom is 0.274 e. The molecule has 1 aliphatic rings. The number of nitro groups is 1. The summed E-state index contributed by atoms with van der Waals surface area (Å²) >= 11 is 0. The summed E-state index contributed by atoms with van der Waals surface area (Å²) in [6.45, 7) is 4.37. The molecule has 0 bridgehead atoms. The van der Waals surface area contributed by atoms with E-state index in [1.54, 1.807) is 19.1 Å². The number of ether oxygens (including phenoxy) is 1. The van der Waals surface area contributed by atoms with Crippen molar-refractivity contribution < 1.29 is 14.8 Å². The predicted octanol–water partition coefficient (Wildman–Crippen LogP) is 1.86. The highest BCUT2D eigenvalue weighted by atomic mass is 16.6. The van der Waals surface area contributed by atoms with Gasteiger partial charge < -0.3 is 15.2 Å². The van der Waals surface area contributed by atoms with Gasteiger partial charge in [0, 0.05) is 36.9 Å². The van der Waals surface area contributed by atoms with Gasteiger partial charge in [-0.05, 0) is 19.9 Å². The fourth-order valence-electron chi connectivity index (χ4n) is 2.17. The second kappa shape index (κ2) is 5.14. The van der Waals surface area contributed by atoms with E-state index in [4.69, 9.17) is 4.74 Å². The first-order chi connectivity index (χ1) is 8.92. The highest BCUT2D eigenvalue weighted by Gasteiger charge is 2.39. The second-order valence-corrected chi connectivity index (χ2v) is 4.98. The molecular formula is C13H18N2O4. The van der Waals surface area contributed by atoms with Gasteiger partial charge in [0.25, 0.3) is 5.69 Å². The standard InChI is InChI=1S/C13H18N2O4/c1-9-3-4-11(7-12(9)15(17)18)14-8-13(16)5-6-19-10(13)2/h3-4,7,10,14,16H,5-6,8H2,1-2H3. The van der Waals surface area contributed by atoms with E-state index in [1.807, 2.05) is 6.92 Å². The average Bonchev–Trinajstić information content (AvgIpc) is 2.69. The van der Waals surface area contributed by atoms with Gasteiger partial charge in [0.2, 0.25) is 0 Å². The van der Waals surface area contributed by atoms with E-state index >= 15 is 0 Å². The summed E-state index contributed by atoms with van der Waals surface area (Å²) in [5, 5.41) is 24.2. The Hall–Kier alpha value is -1.66. The van der Waals surface area contributed by atoms with Gasteiger partial charge in [-0.15, -0.1) is 0 Å². The lowest BCUT2D eigenvalue weighted by molar-refractivity contribution is -0.385. The van der Waals surface area contributed by atoms with Crippen molar-refractivity contribution in [2.75, 3.05) is 18.5 Å². The van der Waals surface area contributed by atoms with Gasteiger partial charge in [-0.3, -0.25) is 10.1 Å². The minimum absolute atomic E-state index is 0.0766. The van der Waals surface area contributed by atoms with E-state index in [2.05, 4.69) is 5.32 Å².